The third kappa shape index (κ3) is 5.97. The average Bonchev–Trinajstić information content (AvgIpc) is 2.38. The van der Waals surface area contributed by atoms with Crippen molar-refractivity contribution in [2.75, 3.05) is 6.54 Å². The smallest absolute Gasteiger partial charge is 0.0441 e. The second-order valence-corrected chi connectivity index (χ2v) is 6.11. The Morgan fingerprint density at radius 3 is 2.58 bits per heavy atom. The molecule has 2 atom stereocenters. The van der Waals surface area contributed by atoms with E-state index in [2.05, 4.69) is 51.2 Å². The molecule has 0 aliphatic rings. The fourth-order valence-electron chi connectivity index (χ4n) is 2.32. The molecule has 1 N–H and O–H groups in total. The SMILES string of the molecule is CCCNC(Cc1ccc(C)cc1Cl)CC(C)CC. The van der Waals surface area contributed by atoms with Crippen molar-refractivity contribution in [3.63, 3.8) is 0 Å². The van der Waals surface area contributed by atoms with E-state index in [9.17, 15) is 0 Å². The zero-order valence-corrected chi connectivity index (χ0v) is 13.6. The van der Waals surface area contributed by atoms with Gasteiger partial charge in [-0.3, -0.25) is 0 Å². The fourth-order valence-corrected chi connectivity index (χ4v) is 2.64. The van der Waals surface area contributed by atoms with Crippen LogP contribution in [0.3, 0.4) is 0 Å². The summed E-state index contributed by atoms with van der Waals surface area (Å²) in [5.41, 5.74) is 2.50. The maximum atomic E-state index is 6.35. The predicted octanol–water partition coefficient (Wildman–Crippen LogP) is 5.00. The molecular formula is C17H28ClN. The molecule has 0 aliphatic carbocycles. The van der Waals surface area contributed by atoms with Crippen LogP contribution in [0.1, 0.15) is 51.2 Å². The quantitative estimate of drug-likeness (QED) is 0.707. The Balaban J connectivity index is 2.69. The van der Waals surface area contributed by atoms with Crippen molar-refractivity contribution in [2.24, 2.45) is 5.92 Å². The third-order valence-corrected chi connectivity index (χ3v) is 4.09. The van der Waals surface area contributed by atoms with Crippen molar-refractivity contribution >= 4 is 11.6 Å². The molecule has 0 fully saturated rings. The van der Waals surface area contributed by atoms with Crippen LogP contribution in [0.25, 0.3) is 0 Å². The van der Waals surface area contributed by atoms with Gasteiger partial charge in [0, 0.05) is 11.1 Å². The summed E-state index contributed by atoms with van der Waals surface area (Å²) in [5.74, 6) is 0.763. The van der Waals surface area contributed by atoms with Gasteiger partial charge in [-0.25, -0.2) is 0 Å². The van der Waals surface area contributed by atoms with Gasteiger partial charge in [0.15, 0.2) is 0 Å². The number of hydrogen-bond acceptors (Lipinski definition) is 1. The van der Waals surface area contributed by atoms with Gasteiger partial charge >= 0.3 is 0 Å². The molecule has 0 bridgehead atoms. The molecule has 0 saturated heterocycles. The summed E-state index contributed by atoms with van der Waals surface area (Å²) in [6.45, 7) is 9.98. The van der Waals surface area contributed by atoms with Gasteiger partial charge in [-0.15, -0.1) is 0 Å². The van der Waals surface area contributed by atoms with Gasteiger partial charge in [-0.1, -0.05) is 50.9 Å². The highest BCUT2D eigenvalue weighted by molar-refractivity contribution is 6.31. The van der Waals surface area contributed by atoms with Crippen molar-refractivity contribution in [1.82, 2.24) is 5.32 Å². The van der Waals surface area contributed by atoms with E-state index in [1.165, 1.54) is 30.4 Å². The van der Waals surface area contributed by atoms with Crippen molar-refractivity contribution < 1.29 is 0 Å². The first kappa shape index (κ1) is 16.5. The normalized spacial score (nSPS) is 14.4. The molecule has 1 aromatic rings. The summed E-state index contributed by atoms with van der Waals surface area (Å²) in [4.78, 5) is 0. The molecule has 0 heterocycles. The summed E-state index contributed by atoms with van der Waals surface area (Å²) in [6.07, 6.45) is 4.68. The first-order valence-electron chi connectivity index (χ1n) is 7.55. The van der Waals surface area contributed by atoms with Crippen LogP contribution < -0.4 is 5.32 Å². The van der Waals surface area contributed by atoms with Crippen LogP contribution in [0.5, 0.6) is 0 Å². The van der Waals surface area contributed by atoms with E-state index in [1.807, 2.05) is 0 Å². The highest BCUT2D eigenvalue weighted by Crippen LogP contribution is 2.21. The van der Waals surface area contributed by atoms with Crippen molar-refractivity contribution in [3.05, 3.63) is 34.3 Å². The van der Waals surface area contributed by atoms with E-state index >= 15 is 0 Å². The molecule has 1 aromatic carbocycles. The summed E-state index contributed by atoms with van der Waals surface area (Å²) in [6, 6.07) is 6.93. The number of nitrogens with one attached hydrogen (secondary N) is 1. The number of halogens is 1. The Morgan fingerprint density at radius 1 is 1.26 bits per heavy atom. The zero-order valence-electron chi connectivity index (χ0n) is 12.8. The van der Waals surface area contributed by atoms with Gasteiger partial charge in [-0.05, 0) is 55.8 Å². The molecule has 0 saturated carbocycles. The van der Waals surface area contributed by atoms with E-state index in [4.69, 9.17) is 11.6 Å². The second-order valence-electron chi connectivity index (χ2n) is 5.70. The first-order chi connectivity index (χ1) is 9.06. The standard InChI is InChI=1S/C17H28ClN/c1-5-9-19-16(10-13(3)6-2)12-15-8-7-14(4)11-17(15)18/h7-8,11,13,16,19H,5-6,9-10,12H2,1-4H3. The van der Waals surface area contributed by atoms with Crippen LogP contribution in [0, 0.1) is 12.8 Å². The number of benzene rings is 1. The lowest BCUT2D eigenvalue weighted by molar-refractivity contribution is 0.391. The van der Waals surface area contributed by atoms with Gasteiger partial charge in [0.25, 0.3) is 0 Å². The molecule has 108 valence electrons. The van der Waals surface area contributed by atoms with Crippen LogP contribution in [-0.4, -0.2) is 12.6 Å². The monoisotopic (exact) mass is 281 g/mol. The molecule has 0 aliphatic heterocycles. The summed E-state index contributed by atoms with van der Waals surface area (Å²) in [7, 11) is 0. The van der Waals surface area contributed by atoms with Gasteiger partial charge in [-0.2, -0.15) is 0 Å². The fraction of sp³-hybridized carbons (Fsp3) is 0.647. The molecule has 2 heteroatoms. The Hall–Kier alpha value is -0.530. The number of hydrogen-bond donors (Lipinski definition) is 1. The van der Waals surface area contributed by atoms with Gasteiger partial charge in [0.2, 0.25) is 0 Å². The van der Waals surface area contributed by atoms with E-state index in [1.54, 1.807) is 0 Å². The number of rotatable bonds is 8. The van der Waals surface area contributed by atoms with Crippen LogP contribution in [0.2, 0.25) is 5.02 Å². The molecule has 1 rings (SSSR count). The van der Waals surface area contributed by atoms with Crippen LogP contribution in [0.15, 0.2) is 18.2 Å². The zero-order chi connectivity index (χ0) is 14.3. The summed E-state index contributed by atoms with van der Waals surface area (Å²) in [5, 5.41) is 4.58. The molecule has 0 amide bonds. The minimum absolute atomic E-state index is 0.537. The van der Waals surface area contributed by atoms with Crippen LogP contribution in [-0.2, 0) is 6.42 Å². The van der Waals surface area contributed by atoms with Crippen molar-refractivity contribution in [1.29, 1.82) is 0 Å². The minimum atomic E-state index is 0.537. The van der Waals surface area contributed by atoms with E-state index < -0.39 is 0 Å². The third-order valence-electron chi connectivity index (χ3n) is 3.74. The van der Waals surface area contributed by atoms with E-state index in [0.29, 0.717) is 6.04 Å². The Kier molecular flexibility index (Phi) is 7.48. The molecule has 0 radical (unpaired) electrons. The van der Waals surface area contributed by atoms with E-state index in [0.717, 1.165) is 23.9 Å². The van der Waals surface area contributed by atoms with Crippen molar-refractivity contribution in [3.8, 4) is 0 Å². The highest BCUT2D eigenvalue weighted by Gasteiger charge is 2.14. The largest absolute Gasteiger partial charge is 0.314 e. The molecule has 0 spiro atoms. The molecule has 0 aromatic heterocycles. The molecular weight excluding hydrogens is 254 g/mol. The lowest BCUT2D eigenvalue weighted by Gasteiger charge is -2.22. The van der Waals surface area contributed by atoms with Gasteiger partial charge in [0.05, 0.1) is 0 Å². The maximum Gasteiger partial charge on any atom is 0.0441 e. The molecule has 2 unspecified atom stereocenters. The highest BCUT2D eigenvalue weighted by atomic mass is 35.5. The topological polar surface area (TPSA) is 12.0 Å². The van der Waals surface area contributed by atoms with Crippen LogP contribution in [0.4, 0.5) is 0 Å². The Labute approximate surface area is 123 Å². The Bertz CT molecular complexity index is 376. The van der Waals surface area contributed by atoms with Crippen LogP contribution >= 0.6 is 11.6 Å². The maximum absolute atomic E-state index is 6.35. The van der Waals surface area contributed by atoms with Gasteiger partial charge < -0.3 is 5.32 Å². The summed E-state index contributed by atoms with van der Waals surface area (Å²) >= 11 is 6.35. The van der Waals surface area contributed by atoms with E-state index in [-0.39, 0.29) is 0 Å². The predicted molar refractivity (Wildman–Crippen MR) is 86.0 cm³/mol. The van der Waals surface area contributed by atoms with Crippen molar-refractivity contribution in [2.45, 2.75) is 59.4 Å². The average molecular weight is 282 g/mol. The molecule has 19 heavy (non-hydrogen) atoms. The lowest BCUT2D eigenvalue weighted by atomic mass is 9.94. The lowest BCUT2D eigenvalue weighted by Crippen LogP contribution is -2.33. The minimum Gasteiger partial charge on any atom is -0.314 e. The Morgan fingerprint density at radius 2 is 2.00 bits per heavy atom. The summed E-state index contributed by atoms with van der Waals surface area (Å²) < 4.78 is 0. The molecule has 1 nitrogen and oxygen atoms in total. The van der Waals surface area contributed by atoms with Gasteiger partial charge in [0.1, 0.15) is 0 Å². The second kappa shape index (κ2) is 8.60. The number of aryl methyl sites for hydroxylation is 1. The first-order valence-corrected chi connectivity index (χ1v) is 7.93.